The molecule has 0 aliphatic carbocycles. The maximum absolute atomic E-state index is 13.4. The van der Waals surface area contributed by atoms with Crippen molar-refractivity contribution in [3.63, 3.8) is 0 Å². The van der Waals surface area contributed by atoms with Crippen molar-refractivity contribution < 1.29 is 22.5 Å². The Balaban J connectivity index is 2.60. The van der Waals surface area contributed by atoms with Gasteiger partial charge in [-0.2, -0.15) is 13.2 Å². The van der Waals surface area contributed by atoms with E-state index in [-0.39, 0.29) is 11.2 Å². The third kappa shape index (κ3) is 3.10. The Morgan fingerprint density at radius 2 is 1.65 bits per heavy atom. The number of halogens is 3. The lowest BCUT2D eigenvalue weighted by Gasteiger charge is -2.32. The van der Waals surface area contributed by atoms with E-state index in [0.717, 1.165) is 12.3 Å². The van der Waals surface area contributed by atoms with Crippen molar-refractivity contribution in [2.75, 3.05) is 12.4 Å². The smallest absolute Gasteiger partial charge is 0.399 e. The van der Waals surface area contributed by atoms with Crippen LogP contribution in [0.5, 0.6) is 0 Å². The Bertz CT molecular complexity index is 614. The number of nitrogens with one attached hydrogen (secondary N) is 2. The van der Waals surface area contributed by atoms with Crippen LogP contribution in [0.1, 0.15) is 38.8 Å². The van der Waals surface area contributed by atoms with Crippen molar-refractivity contribution >= 4 is 24.5 Å². The van der Waals surface area contributed by atoms with Crippen LogP contribution in [-0.4, -0.2) is 31.6 Å². The molecule has 8 heteroatoms. The lowest BCUT2D eigenvalue weighted by Crippen LogP contribution is -2.41. The first kappa shape index (κ1) is 17.8. The summed E-state index contributed by atoms with van der Waals surface area (Å²) in [6.07, 6.45) is -3.55. The summed E-state index contributed by atoms with van der Waals surface area (Å²) in [5.41, 5.74) is -1.86. The molecule has 1 fully saturated rings. The highest BCUT2D eigenvalue weighted by Crippen LogP contribution is 2.38. The monoisotopic (exact) mass is 328 g/mol. The van der Waals surface area contributed by atoms with Gasteiger partial charge in [0.25, 0.3) is 0 Å². The molecule has 126 valence electrons. The number of anilines is 1. The van der Waals surface area contributed by atoms with E-state index in [2.05, 4.69) is 5.32 Å². The van der Waals surface area contributed by atoms with Gasteiger partial charge in [0, 0.05) is 24.5 Å². The topological polar surface area (TPSA) is 54.3 Å². The van der Waals surface area contributed by atoms with Gasteiger partial charge in [-0.05, 0) is 39.2 Å². The molecule has 0 radical (unpaired) electrons. The van der Waals surface area contributed by atoms with Crippen LogP contribution in [0.25, 0.3) is 0 Å². The van der Waals surface area contributed by atoms with Crippen molar-refractivity contribution in [1.82, 2.24) is 0 Å². The second-order valence-electron chi connectivity index (χ2n) is 6.51. The molecule has 1 aliphatic rings. The van der Waals surface area contributed by atoms with E-state index >= 15 is 0 Å². The number of rotatable bonds is 3. The number of hydrogen-bond donors (Lipinski definition) is 2. The highest BCUT2D eigenvalue weighted by molar-refractivity contribution is 6.62. The van der Waals surface area contributed by atoms with Crippen LogP contribution in [0, 0.1) is 5.41 Å². The Morgan fingerprint density at radius 3 is 2.04 bits per heavy atom. The Kier molecular flexibility index (Phi) is 4.28. The van der Waals surface area contributed by atoms with Crippen molar-refractivity contribution in [3.05, 3.63) is 23.3 Å². The van der Waals surface area contributed by atoms with Crippen LogP contribution in [-0.2, 0) is 15.5 Å². The van der Waals surface area contributed by atoms with Crippen LogP contribution in [0.4, 0.5) is 18.9 Å². The molecule has 23 heavy (non-hydrogen) atoms. The minimum absolute atomic E-state index is 0.117. The normalized spacial score (nSPS) is 19.7. The minimum atomic E-state index is -4.55. The molecule has 0 amide bonds. The molecule has 4 nitrogen and oxygen atoms in total. The van der Waals surface area contributed by atoms with E-state index in [4.69, 9.17) is 14.7 Å². The van der Waals surface area contributed by atoms with Gasteiger partial charge in [-0.1, -0.05) is 6.07 Å². The van der Waals surface area contributed by atoms with Crippen LogP contribution < -0.4 is 10.8 Å². The maximum Gasteiger partial charge on any atom is 0.495 e. The predicted molar refractivity (Wildman–Crippen MR) is 84.6 cm³/mol. The van der Waals surface area contributed by atoms with Crippen molar-refractivity contribution in [3.8, 4) is 0 Å². The molecule has 1 aliphatic heterocycles. The summed E-state index contributed by atoms with van der Waals surface area (Å²) in [6.45, 7) is 7.11. The first-order valence-corrected chi connectivity index (χ1v) is 7.22. The van der Waals surface area contributed by atoms with E-state index in [1.807, 2.05) is 0 Å². The molecule has 0 aromatic heterocycles. The first-order valence-electron chi connectivity index (χ1n) is 7.22. The van der Waals surface area contributed by atoms with Gasteiger partial charge in [0.1, 0.15) is 0 Å². The van der Waals surface area contributed by atoms with E-state index in [9.17, 15) is 13.2 Å². The number of benzene rings is 1. The zero-order valence-electron chi connectivity index (χ0n) is 13.8. The molecular formula is C15H20BF3N2O2. The average Bonchev–Trinajstić information content (AvgIpc) is 2.64. The zero-order valence-corrected chi connectivity index (χ0v) is 13.8. The van der Waals surface area contributed by atoms with Gasteiger partial charge in [0.2, 0.25) is 0 Å². The van der Waals surface area contributed by atoms with Crippen molar-refractivity contribution in [2.24, 2.45) is 0 Å². The third-order valence-corrected chi connectivity index (χ3v) is 4.46. The van der Waals surface area contributed by atoms with Crippen LogP contribution >= 0.6 is 0 Å². The summed E-state index contributed by atoms with van der Waals surface area (Å²) >= 11 is 0. The second-order valence-corrected chi connectivity index (χ2v) is 6.51. The average molecular weight is 328 g/mol. The predicted octanol–water partition coefficient (Wildman–Crippen LogP) is 3.04. The fourth-order valence-corrected chi connectivity index (χ4v) is 2.38. The molecule has 0 saturated carbocycles. The van der Waals surface area contributed by atoms with Crippen LogP contribution in [0.3, 0.4) is 0 Å². The lowest BCUT2D eigenvalue weighted by molar-refractivity contribution is -0.136. The number of hydrogen-bond acceptors (Lipinski definition) is 4. The summed E-state index contributed by atoms with van der Waals surface area (Å²) < 4.78 is 51.8. The highest BCUT2D eigenvalue weighted by Gasteiger charge is 2.53. The van der Waals surface area contributed by atoms with E-state index in [0.29, 0.717) is 5.56 Å². The highest BCUT2D eigenvalue weighted by atomic mass is 19.4. The lowest BCUT2D eigenvalue weighted by atomic mass is 9.74. The molecular weight excluding hydrogens is 308 g/mol. The molecule has 0 atom stereocenters. The van der Waals surface area contributed by atoms with Crippen LogP contribution in [0.2, 0.25) is 0 Å². The molecule has 2 rings (SSSR count). The van der Waals surface area contributed by atoms with Gasteiger partial charge in [-0.25, -0.2) is 0 Å². The third-order valence-electron chi connectivity index (χ3n) is 4.46. The van der Waals surface area contributed by atoms with Gasteiger partial charge in [-0.3, -0.25) is 0 Å². The van der Waals surface area contributed by atoms with Crippen molar-refractivity contribution in [1.29, 1.82) is 5.41 Å². The molecule has 1 aromatic rings. The zero-order chi connectivity index (χ0) is 17.6. The molecule has 1 heterocycles. The minimum Gasteiger partial charge on any atom is -0.399 e. The van der Waals surface area contributed by atoms with Crippen LogP contribution in [0.15, 0.2) is 12.1 Å². The van der Waals surface area contributed by atoms with E-state index in [1.165, 1.54) is 13.1 Å². The number of alkyl halides is 3. The van der Waals surface area contributed by atoms with Gasteiger partial charge in [-0.15, -0.1) is 0 Å². The summed E-state index contributed by atoms with van der Waals surface area (Å²) in [5, 5.41) is 10.1. The van der Waals surface area contributed by atoms with Gasteiger partial charge in [0.15, 0.2) is 0 Å². The summed E-state index contributed by atoms with van der Waals surface area (Å²) in [4.78, 5) is 0. The Labute approximate surface area is 134 Å². The summed E-state index contributed by atoms with van der Waals surface area (Å²) in [7, 11) is 0.373. The largest absolute Gasteiger partial charge is 0.495 e. The summed E-state index contributed by atoms with van der Waals surface area (Å²) in [6, 6.07) is 2.28. The molecule has 2 N–H and O–H groups in total. The molecule has 1 saturated heterocycles. The Hall–Kier alpha value is -1.54. The van der Waals surface area contributed by atoms with Gasteiger partial charge in [0.05, 0.1) is 16.8 Å². The second kappa shape index (κ2) is 5.52. The fraction of sp³-hybridized carbons (Fsp3) is 0.533. The van der Waals surface area contributed by atoms with Gasteiger partial charge >= 0.3 is 13.3 Å². The summed E-state index contributed by atoms with van der Waals surface area (Å²) in [5.74, 6) is 0. The first-order chi connectivity index (χ1) is 10.4. The van der Waals surface area contributed by atoms with Gasteiger partial charge < -0.3 is 20.0 Å². The van der Waals surface area contributed by atoms with E-state index in [1.54, 1.807) is 27.7 Å². The molecule has 0 spiro atoms. The van der Waals surface area contributed by atoms with Crippen molar-refractivity contribution in [2.45, 2.75) is 45.1 Å². The molecule has 1 aromatic carbocycles. The molecule has 0 bridgehead atoms. The standard InChI is InChI=1S/C15H20BF3N2O2/c1-13(2)14(3,4)23-16(22-13)11-6-9(8-20)12(21-5)7-10(11)15(17,18)19/h6-8,20-21H,1-5H3. The quantitative estimate of drug-likeness (QED) is 0.662. The SMILES string of the molecule is CNc1cc(C(F)(F)F)c(B2OC(C)(C)C(C)(C)O2)cc1C=N. The van der Waals surface area contributed by atoms with E-state index < -0.39 is 30.1 Å². The molecule has 0 unspecified atom stereocenters. The maximum atomic E-state index is 13.4. The fourth-order valence-electron chi connectivity index (χ4n) is 2.38. The Morgan fingerprint density at radius 1 is 1.13 bits per heavy atom.